The molecule has 3 aromatic rings. The number of halogens is 2. The van der Waals surface area contributed by atoms with Crippen LogP contribution in [-0.4, -0.2) is 20.4 Å². The van der Waals surface area contributed by atoms with Crippen molar-refractivity contribution in [1.82, 2.24) is 14.5 Å². The Bertz CT molecular complexity index is 1170. The first-order valence-corrected chi connectivity index (χ1v) is 9.88. The predicted molar refractivity (Wildman–Crippen MR) is 114 cm³/mol. The Hall–Kier alpha value is -3.04. The second-order valence-corrected chi connectivity index (χ2v) is 7.19. The number of aromatic nitrogens is 3. The molecule has 0 saturated heterocycles. The first-order chi connectivity index (χ1) is 14.3. The van der Waals surface area contributed by atoms with E-state index in [4.69, 9.17) is 33.4 Å². The summed E-state index contributed by atoms with van der Waals surface area (Å²) in [5, 5.41) is -0.0224. The number of aromatic amines is 1. The molecule has 3 rings (SSSR count). The monoisotopic (exact) mass is 451 g/mol. The van der Waals surface area contributed by atoms with Gasteiger partial charge in [-0.05, 0) is 30.7 Å². The SMILES string of the molecule is CCCCn1c(N)c(N(Cc2ccco2)C(=O)c2ccc(Cl)nc2Cl)c(=O)[nH]c1=O. The number of anilines is 2. The number of nitrogens with zero attached hydrogens (tertiary/aromatic N) is 3. The van der Waals surface area contributed by atoms with Crippen LogP contribution in [0, 0.1) is 0 Å². The van der Waals surface area contributed by atoms with Crippen molar-refractivity contribution < 1.29 is 9.21 Å². The lowest BCUT2D eigenvalue weighted by molar-refractivity contribution is 0.0982. The smallest absolute Gasteiger partial charge is 0.330 e. The fraction of sp³-hybridized carbons (Fsp3) is 0.263. The zero-order valence-electron chi connectivity index (χ0n) is 16.0. The molecule has 3 heterocycles. The number of carbonyl (C=O) groups is 1. The van der Waals surface area contributed by atoms with Crippen molar-refractivity contribution in [2.75, 3.05) is 10.6 Å². The first-order valence-electron chi connectivity index (χ1n) is 9.12. The summed E-state index contributed by atoms with van der Waals surface area (Å²) in [4.78, 5) is 45.5. The zero-order valence-corrected chi connectivity index (χ0v) is 17.5. The second-order valence-electron chi connectivity index (χ2n) is 6.44. The minimum atomic E-state index is -0.803. The minimum absolute atomic E-state index is 0.0118. The van der Waals surface area contributed by atoms with Crippen LogP contribution in [-0.2, 0) is 13.1 Å². The maximum absolute atomic E-state index is 13.3. The quantitative estimate of drug-likeness (QED) is 0.531. The highest BCUT2D eigenvalue weighted by atomic mass is 35.5. The average Bonchev–Trinajstić information content (AvgIpc) is 3.19. The molecule has 0 aliphatic carbocycles. The number of nitrogens with one attached hydrogen (secondary N) is 1. The number of pyridine rings is 1. The molecule has 0 atom stereocenters. The Morgan fingerprint density at radius 1 is 1.30 bits per heavy atom. The number of H-pyrrole nitrogens is 1. The summed E-state index contributed by atoms with van der Waals surface area (Å²) < 4.78 is 6.56. The highest BCUT2D eigenvalue weighted by Gasteiger charge is 2.28. The van der Waals surface area contributed by atoms with Crippen LogP contribution in [0.25, 0.3) is 0 Å². The van der Waals surface area contributed by atoms with E-state index in [9.17, 15) is 14.4 Å². The Balaban J connectivity index is 2.17. The van der Waals surface area contributed by atoms with Gasteiger partial charge in [0, 0.05) is 6.54 Å². The molecule has 158 valence electrons. The number of unbranched alkanes of at least 4 members (excludes halogenated alkanes) is 1. The van der Waals surface area contributed by atoms with Gasteiger partial charge < -0.3 is 10.2 Å². The van der Waals surface area contributed by atoms with Crippen molar-refractivity contribution in [3.05, 3.63) is 73.0 Å². The van der Waals surface area contributed by atoms with E-state index in [1.807, 2.05) is 6.92 Å². The summed E-state index contributed by atoms with van der Waals surface area (Å²) >= 11 is 11.9. The molecule has 0 fully saturated rings. The molecule has 0 aromatic carbocycles. The summed E-state index contributed by atoms with van der Waals surface area (Å²) in [6, 6.07) is 6.08. The summed E-state index contributed by atoms with van der Waals surface area (Å²) in [5.74, 6) is -0.389. The van der Waals surface area contributed by atoms with Gasteiger partial charge in [-0.15, -0.1) is 0 Å². The number of nitrogens with two attached hydrogens (primary N) is 1. The van der Waals surface area contributed by atoms with Crippen LogP contribution in [0.1, 0.15) is 35.9 Å². The zero-order chi connectivity index (χ0) is 21.8. The minimum Gasteiger partial charge on any atom is -0.467 e. The number of furan rings is 1. The third-order valence-electron chi connectivity index (χ3n) is 4.40. The molecule has 9 nitrogen and oxygen atoms in total. The molecule has 0 aliphatic heterocycles. The van der Waals surface area contributed by atoms with Gasteiger partial charge in [0.25, 0.3) is 11.5 Å². The molecule has 0 bridgehead atoms. The van der Waals surface area contributed by atoms with Gasteiger partial charge in [0.1, 0.15) is 21.9 Å². The molecule has 11 heteroatoms. The van der Waals surface area contributed by atoms with Gasteiger partial charge in [-0.3, -0.25) is 24.0 Å². The van der Waals surface area contributed by atoms with E-state index in [0.29, 0.717) is 12.2 Å². The standard InChI is InChI=1S/C19H19Cl2N5O4/c1-2-3-8-25-16(22)14(17(27)24-19(25)29)26(10-11-5-4-9-30-11)18(28)12-6-7-13(20)23-15(12)21/h4-7,9H,2-3,8,10,22H2,1H3,(H,24,27,29). The van der Waals surface area contributed by atoms with E-state index in [-0.39, 0.29) is 40.5 Å². The molecule has 1 amide bonds. The van der Waals surface area contributed by atoms with Crippen LogP contribution < -0.4 is 21.9 Å². The lowest BCUT2D eigenvalue weighted by Gasteiger charge is -2.24. The Morgan fingerprint density at radius 2 is 2.07 bits per heavy atom. The van der Waals surface area contributed by atoms with E-state index in [2.05, 4.69) is 9.97 Å². The van der Waals surface area contributed by atoms with Crippen molar-refractivity contribution >= 4 is 40.6 Å². The van der Waals surface area contributed by atoms with Gasteiger partial charge in [-0.1, -0.05) is 36.5 Å². The van der Waals surface area contributed by atoms with E-state index >= 15 is 0 Å². The van der Waals surface area contributed by atoms with Crippen LogP contribution in [0.15, 0.2) is 44.5 Å². The first kappa shape index (κ1) is 21.7. The largest absolute Gasteiger partial charge is 0.467 e. The van der Waals surface area contributed by atoms with Gasteiger partial charge in [0.05, 0.1) is 18.4 Å². The average molecular weight is 452 g/mol. The van der Waals surface area contributed by atoms with Gasteiger partial charge >= 0.3 is 5.69 Å². The van der Waals surface area contributed by atoms with Crippen LogP contribution in [0.5, 0.6) is 0 Å². The van der Waals surface area contributed by atoms with E-state index in [1.165, 1.54) is 23.0 Å². The van der Waals surface area contributed by atoms with Crippen molar-refractivity contribution in [3.8, 4) is 0 Å². The van der Waals surface area contributed by atoms with E-state index < -0.39 is 17.2 Å². The van der Waals surface area contributed by atoms with Crippen LogP contribution in [0.2, 0.25) is 10.3 Å². The number of hydrogen-bond donors (Lipinski definition) is 2. The van der Waals surface area contributed by atoms with E-state index in [0.717, 1.165) is 11.3 Å². The number of hydrogen-bond acceptors (Lipinski definition) is 6. The molecule has 3 N–H and O–H groups in total. The fourth-order valence-corrected chi connectivity index (χ4v) is 3.33. The molecule has 3 aromatic heterocycles. The highest BCUT2D eigenvalue weighted by molar-refractivity contribution is 6.35. The Labute approximate surface area is 181 Å². The van der Waals surface area contributed by atoms with Gasteiger partial charge in [-0.2, -0.15) is 0 Å². The Morgan fingerprint density at radius 3 is 2.70 bits per heavy atom. The molecule has 0 spiro atoms. The number of carbonyl (C=O) groups excluding carboxylic acids is 1. The summed E-state index contributed by atoms with van der Waals surface area (Å²) in [6.45, 7) is 2.12. The third kappa shape index (κ3) is 4.42. The van der Waals surface area contributed by atoms with Gasteiger partial charge in [0.2, 0.25) is 0 Å². The second kappa shape index (κ2) is 9.19. The molecule has 0 radical (unpaired) electrons. The van der Waals surface area contributed by atoms with Gasteiger partial charge in [-0.25, -0.2) is 9.78 Å². The summed E-state index contributed by atoms with van der Waals surface area (Å²) in [7, 11) is 0. The van der Waals surface area contributed by atoms with Gasteiger partial charge in [0.15, 0.2) is 5.69 Å². The fourth-order valence-electron chi connectivity index (χ4n) is 2.90. The molecule has 0 aliphatic rings. The van der Waals surface area contributed by atoms with Crippen LogP contribution >= 0.6 is 23.2 Å². The van der Waals surface area contributed by atoms with Crippen LogP contribution in [0.4, 0.5) is 11.5 Å². The normalized spacial score (nSPS) is 10.9. The highest BCUT2D eigenvalue weighted by Crippen LogP contribution is 2.25. The predicted octanol–water partition coefficient (Wildman–Crippen LogP) is 3.06. The van der Waals surface area contributed by atoms with E-state index in [1.54, 1.807) is 12.1 Å². The molecular weight excluding hydrogens is 433 g/mol. The lowest BCUT2D eigenvalue weighted by Crippen LogP contribution is -2.41. The number of rotatable bonds is 7. The molecule has 0 saturated carbocycles. The lowest BCUT2D eigenvalue weighted by atomic mass is 10.2. The number of amides is 1. The topological polar surface area (TPSA) is 127 Å². The number of nitrogen functional groups attached to an aromatic ring is 1. The summed E-state index contributed by atoms with van der Waals surface area (Å²) in [5.41, 5.74) is 4.56. The summed E-state index contributed by atoms with van der Waals surface area (Å²) in [6.07, 6.45) is 2.90. The molecule has 0 unspecified atom stereocenters. The maximum atomic E-state index is 13.3. The van der Waals surface area contributed by atoms with Crippen LogP contribution in [0.3, 0.4) is 0 Å². The van der Waals surface area contributed by atoms with Crippen molar-refractivity contribution in [2.24, 2.45) is 0 Å². The third-order valence-corrected chi connectivity index (χ3v) is 4.90. The molecule has 30 heavy (non-hydrogen) atoms. The van der Waals surface area contributed by atoms with Crippen molar-refractivity contribution in [2.45, 2.75) is 32.9 Å². The maximum Gasteiger partial charge on any atom is 0.330 e. The van der Waals surface area contributed by atoms with Crippen molar-refractivity contribution in [3.63, 3.8) is 0 Å². The Kier molecular flexibility index (Phi) is 6.63. The molecular formula is C19H19Cl2N5O4. The van der Waals surface area contributed by atoms with Crippen molar-refractivity contribution in [1.29, 1.82) is 0 Å².